The Morgan fingerprint density at radius 1 is 1.19 bits per heavy atom. The van der Waals surface area contributed by atoms with Crippen molar-refractivity contribution in [1.29, 1.82) is 0 Å². The first-order valence-electron chi connectivity index (χ1n) is 8.39. The Balaban J connectivity index is 1.90. The summed E-state index contributed by atoms with van der Waals surface area (Å²) in [4.78, 5) is 14.2. The van der Waals surface area contributed by atoms with Gasteiger partial charge < -0.3 is 15.0 Å². The maximum absolute atomic E-state index is 12.3. The van der Waals surface area contributed by atoms with Crippen LogP contribution in [-0.4, -0.2) is 29.4 Å². The fourth-order valence-electron chi connectivity index (χ4n) is 2.71. The van der Waals surface area contributed by atoms with Crippen molar-refractivity contribution in [3.8, 4) is 11.4 Å². The summed E-state index contributed by atoms with van der Waals surface area (Å²) in [6.45, 7) is 0.847. The second-order valence-electron chi connectivity index (χ2n) is 5.86. The zero-order chi connectivity index (χ0) is 19.2. The number of methoxy groups -OCH3 is 1. The van der Waals surface area contributed by atoms with E-state index in [0.29, 0.717) is 17.4 Å². The Bertz CT molecular complexity index is 951. The van der Waals surface area contributed by atoms with Crippen LogP contribution in [0.3, 0.4) is 0 Å². The Labute approximate surface area is 162 Å². The molecule has 27 heavy (non-hydrogen) atoms. The van der Waals surface area contributed by atoms with Crippen LogP contribution in [0.1, 0.15) is 11.3 Å². The maximum Gasteiger partial charge on any atom is 0.432 e. The minimum absolute atomic E-state index is 0.284. The molecule has 2 aromatic carbocycles. The predicted octanol–water partition coefficient (Wildman–Crippen LogP) is 1.76. The van der Waals surface area contributed by atoms with E-state index in [0.717, 1.165) is 17.0 Å². The van der Waals surface area contributed by atoms with E-state index in [4.69, 9.17) is 21.5 Å². The molecule has 0 aliphatic carbocycles. The smallest absolute Gasteiger partial charge is 0.432 e. The molecule has 2 N–H and O–H groups in total. The summed E-state index contributed by atoms with van der Waals surface area (Å²) in [5.41, 5.74) is 1.84. The topological polar surface area (TPSA) is 74.4 Å². The van der Waals surface area contributed by atoms with Crippen LogP contribution in [0.5, 0.6) is 5.75 Å². The molecule has 0 radical (unpaired) electrons. The number of aromatic nitrogens is 2. The number of benzene rings is 2. The quantitative estimate of drug-likeness (QED) is 0.498. The largest absolute Gasteiger partial charge is 0.497 e. The van der Waals surface area contributed by atoms with Gasteiger partial charge in [-0.25, -0.2) is 4.79 Å². The van der Waals surface area contributed by atoms with Gasteiger partial charge in [-0.3, -0.25) is 4.52 Å². The molecule has 0 aliphatic rings. The third-order valence-corrected chi connectivity index (χ3v) is 4.59. The van der Waals surface area contributed by atoms with Crippen LogP contribution in [0, 0.1) is 0 Å². The molecule has 140 valence electrons. The first-order chi connectivity index (χ1) is 13.1. The normalized spacial score (nSPS) is 10.4. The molecule has 1 heterocycles. The first-order valence-corrected chi connectivity index (χ1v) is 8.80. The van der Waals surface area contributed by atoms with E-state index in [1.54, 1.807) is 18.8 Å². The number of H-pyrrole nitrogens is 1. The van der Waals surface area contributed by atoms with E-state index in [-0.39, 0.29) is 6.54 Å². The van der Waals surface area contributed by atoms with Gasteiger partial charge in [0.2, 0.25) is 5.69 Å². The van der Waals surface area contributed by atoms with Crippen molar-refractivity contribution in [3.05, 3.63) is 76.3 Å². The summed E-state index contributed by atoms with van der Waals surface area (Å²) in [7, 11) is 3.37. The van der Waals surface area contributed by atoms with Crippen molar-refractivity contribution < 1.29 is 13.9 Å². The molecule has 0 saturated heterocycles. The van der Waals surface area contributed by atoms with Crippen molar-refractivity contribution in [2.24, 2.45) is 0 Å². The molecule has 7 nitrogen and oxygen atoms in total. The van der Waals surface area contributed by atoms with Gasteiger partial charge >= 0.3 is 11.3 Å². The fraction of sp³-hybridized carbons (Fsp3) is 0.211. The number of ether oxygens (including phenoxy) is 1. The van der Waals surface area contributed by atoms with Crippen LogP contribution in [0.4, 0.5) is 0 Å². The van der Waals surface area contributed by atoms with Gasteiger partial charge in [0, 0.05) is 25.7 Å². The van der Waals surface area contributed by atoms with Gasteiger partial charge in [0.05, 0.1) is 7.11 Å². The average molecular weight is 385 g/mol. The predicted molar refractivity (Wildman–Crippen MR) is 105 cm³/mol. The molecule has 0 spiro atoms. The molecule has 8 heteroatoms. The number of hydrogen-bond donors (Lipinski definition) is 2. The highest BCUT2D eigenvalue weighted by molar-refractivity contribution is 7.80. The molecule has 0 fully saturated rings. The standard InChI is InChI=1S/C19H20N4O3S/c1-20-19(27)22(12-14-6-4-3-5-7-14)13-17-18(24)26-21-23(17)15-8-10-16(25-2)11-9-15/h3-11H,12-13H2,1-2H3,(H-,20,21,24,27)/p+1. The highest BCUT2D eigenvalue weighted by atomic mass is 32.1. The molecular weight excluding hydrogens is 364 g/mol. The summed E-state index contributed by atoms with van der Waals surface area (Å²) in [6, 6.07) is 17.2. The van der Waals surface area contributed by atoms with Crippen molar-refractivity contribution >= 4 is 17.3 Å². The van der Waals surface area contributed by atoms with Gasteiger partial charge in [-0.05, 0) is 39.9 Å². The van der Waals surface area contributed by atoms with Gasteiger partial charge in [0.15, 0.2) is 5.11 Å². The summed E-state index contributed by atoms with van der Waals surface area (Å²) in [5, 5.41) is 6.17. The molecule has 0 saturated carbocycles. The molecule has 0 atom stereocenters. The number of thiocarbonyl (C=S) groups is 1. The lowest BCUT2D eigenvalue weighted by atomic mass is 10.2. The second kappa shape index (κ2) is 8.50. The number of aromatic amines is 1. The number of hydrogen-bond acceptors (Lipinski definition) is 4. The molecule has 0 aliphatic heterocycles. The molecule has 0 bridgehead atoms. The maximum atomic E-state index is 12.3. The summed E-state index contributed by atoms with van der Waals surface area (Å²) in [5.74, 6) is 0.730. The molecule has 1 aromatic heterocycles. The van der Waals surface area contributed by atoms with Gasteiger partial charge in [0.25, 0.3) is 0 Å². The van der Waals surface area contributed by atoms with E-state index >= 15 is 0 Å². The van der Waals surface area contributed by atoms with Gasteiger partial charge in [-0.1, -0.05) is 30.3 Å². The molecule has 0 amide bonds. The van der Waals surface area contributed by atoms with Crippen molar-refractivity contribution in [3.63, 3.8) is 0 Å². The highest BCUT2D eigenvalue weighted by Crippen LogP contribution is 2.12. The zero-order valence-electron chi connectivity index (χ0n) is 15.1. The van der Waals surface area contributed by atoms with Crippen LogP contribution in [0.2, 0.25) is 0 Å². The van der Waals surface area contributed by atoms with Crippen molar-refractivity contribution in [2.75, 3.05) is 14.2 Å². The third-order valence-electron chi connectivity index (χ3n) is 4.12. The summed E-state index contributed by atoms with van der Waals surface area (Å²) < 4.78 is 11.8. The van der Waals surface area contributed by atoms with Crippen LogP contribution < -0.4 is 20.4 Å². The first kappa shape index (κ1) is 18.7. The van der Waals surface area contributed by atoms with E-state index in [9.17, 15) is 4.79 Å². The lowest BCUT2D eigenvalue weighted by molar-refractivity contribution is -0.678. The van der Waals surface area contributed by atoms with E-state index in [2.05, 4.69) is 10.6 Å². The Morgan fingerprint density at radius 2 is 1.89 bits per heavy atom. The minimum Gasteiger partial charge on any atom is -0.497 e. The Kier molecular flexibility index (Phi) is 5.87. The van der Waals surface area contributed by atoms with Crippen molar-refractivity contribution in [2.45, 2.75) is 13.1 Å². The molecule has 0 unspecified atom stereocenters. The SMILES string of the molecule is CNC(=S)N(Cc1ccccc1)Cc1c(=O)o[nH][n+]1-c1ccc(OC)cc1. The van der Waals surface area contributed by atoms with Crippen LogP contribution in [-0.2, 0) is 13.1 Å². The molecule has 3 rings (SSSR count). The second-order valence-corrected chi connectivity index (χ2v) is 6.24. The molecular formula is C19H21N4O3S+. The van der Waals surface area contributed by atoms with Gasteiger partial charge in [0.1, 0.15) is 12.3 Å². The van der Waals surface area contributed by atoms with Gasteiger partial charge in [-0.2, -0.15) is 0 Å². The third kappa shape index (κ3) is 4.35. The minimum atomic E-state index is -0.442. The summed E-state index contributed by atoms with van der Waals surface area (Å²) in [6.07, 6.45) is 0. The lowest BCUT2D eigenvalue weighted by Gasteiger charge is -2.22. The fourth-order valence-corrected chi connectivity index (χ4v) is 2.84. The van der Waals surface area contributed by atoms with Crippen molar-refractivity contribution in [1.82, 2.24) is 15.5 Å². The number of rotatable bonds is 6. The zero-order valence-corrected chi connectivity index (χ0v) is 16.0. The average Bonchev–Trinajstić information content (AvgIpc) is 3.08. The number of nitrogens with one attached hydrogen (secondary N) is 2. The van der Waals surface area contributed by atoms with Crippen LogP contribution in [0.25, 0.3) is 5.69 Å². The number of nitrogens with zero attached hydrogens (tertiary/aromatic N) is 2. The molecule has 3 aromatic rings. The van der Waals surface area contributed by atoms with E-state index in [1.807, 2.05) is 59.5 Å². The Morgan fingerprint density at radius 3 is 2.52 bits per heavy atom. The van der Waals surface area contributed by atoms with Crippen LogP contribution in [0.15, 0.2) is 63.9 Å². The van der Waals surface area contributed by atoms with Crippen LogP contribution >= 0.6 is 12.2 Å². The van der Waals surface area contributed by atoms with E-state index < -0.39 is 5.63 Å². The van der Waals surface area contributed by atoms with E-state index in [1.165, 1.54) is 0 Å². The van der Waals surface area contributed by atoms with Gasteiger partial charge in [-0.15, -0.1) is 0 Å². The summed E-state index contributed by atoms with van der Waals surface area (Å²) >= 11 is 5.43. The lowest BCUT2D eigenvalue weighted by Crippen LogP contribution is -2.44. The highest BCUT2D eigenvalue weighted by Gasteiger charge is 2.26. The Hall–Kier alpha value is -3.13. The monoisotopic (exact) mass is 385 g/mol.